The summed E-state index contributed by atoms with van der Waals surface area (Å²) in [5.74, 6) is -1.16. The summed E-state index contributed by atoms with van der Waals surface area (Å²) in [6.45, 7) is 4.38. The number of aromatic carboxylic acids is 1. The standard InChI is InChI=1S/C27H28N2O4S/c1-17-15-29(12-13-33-17)22-10-8-19(9-11-22)25(30)28-26-24(27(31)32)23(16-34-26)21-7-6-18-4-2-3-5-20(18)14-21/h2-5,8-11,16-17,21H,6-7,12-15H2,1H3,(H,28,30)(H,31,32)/t17-,21?/m0/s1. The maximum atomic E-state index is 12.9. The van der Waals surface area contributed by atoms with E-state index in [1.54, 1.807) is 12.1 Å². The first-order valence-electron chi connectivity index (χ1n) is 11.7. The molecule has 7 heteroatoms. The molecule has 0 saturated carbocycles. The molecular weight excluding hydrogens is 448 g/mol. The molecule has 5 rings (SSSR count). The Hall–Kier alpha value is -3.16. The van der Waals surface area contributed by atoms with E-state index in [4.69, 9.17) is 4.74 Å². The third kappa shape index (κ3) is 4.58. The second-order valence-corrected chi connectivity index (χ2v) is 9.92. The van der Waals surface area contributed by atoms with E-state index in [0.717, 1.165) is 43.6 Å². The molecule has 1 amide bonds. The number of carboxylic acids is 1. The minimum atomic E-state index is -0.998. The number of anilines is 2. The van der Waals surface area contributed by atoms with Crippen molar-refractivity contribution in [3.05, 3.63) is 81.7 Å². The summed E-state index contributed by atoms with van der Waals surface area (Å²) in [4.78, 5) is 27.4. The fourth-order valence-corrected chi connectivity index (χ4v) is 6.03. The number of carboxylic acid groups (broad SMARTS) is 1. The summed E-state index contributed by atoms with van der Waals surface area (Å²) in [5.41, 5.74) is 5.22. The summed E-state index contributed by atoms with van der Waals surface area (Å²) in [6, 6.07) is 15.8. The minimum Gasteiger partial charge on any atom is -0.478 e. The van der Waals surface area contributed by atoms with Crippen molar-refractivity contribution in [2.75, 3.05) is 29.9 Å². The molecule has 2 atom stereocenters. The quantitative estimate of drug-likeness (QED) is 0.529. The Labute approximate surface area is 203 Å². The van der Waals surface area contributed by atoms with Gasteiger partial charge in [0, 0.05) is 24.3 Å². The normalized spacial score (nSPS) is 20.0. The number of carbonyl (C=O) groups is 2. The molecule has 1 unspecified atom stereocenters. The maximum Gasteiger partial charge on any atom is 0.339 e. The van der Waals surface area contributed by atoms with Crippen molar-refractivity contribution in [2.24, 2.45) is 0 Å². The van der Waals surface area contributed by atoms with Crippen LogP contribution in [0.4, 0.5) is 10.7 Å². The van der Waals surface area contributed by atoms with Gasteiger partial charge in [0.25, 0.3) is 5.91 Å². The third-order valence-electron chi connectivity index (χ3n) is 6.78. The zero-order valence-electron chi connectivity index (χ0n) is 19.1. The van der Waals surface area contributed by atoms with Gasteiger partial charge in [-0.2, -0.15) is 0 Å². The number of ether oxygens (including phenoxy) is 1. The highest BCUT2D eigenvalue weighted by Gasteiger charge is 2.28. The van der Waals surface area contributed by atoms with Crippen LogP contribution in [0.3, 0.4) is 0 Å². The van der Waals surface area contributed by atoms with E-state index in [-0.39, 0.29) is 23.5 Å². The van der Waals surface area contributed by atoms with Crippen LogP contribution in [0.15, 0.2) is 53.9 Å². The number of benzene rings is 2. The van der Waals surface area contributed by atoms with E-state index in [2.05, 4.69) is 29.3 Å². The highest BCUT2D eigenvalue weighted by atomic mass is 32.1. The molecule has 3 aromatic rings. The highest BCUT2D eigenvalue weighted by molar-refractivity contribution is 7.15. The second-order valence-electron chi connectivity index (χ2n) is 9.04. The van der Waals surface area contributed by atoms with Gasteiger partial charge in [-0.05, 0) is 78.4 Å². The Morgan fingerprint density at radius 3 is 2.62 bits per heavy atom. The number of morpholine rings is 1. The van der Waals surface area contributed by atoms with Gasteiger partial charge in [0.2, 0.25) is 0 Å². The van der Waals surface area contributed by atoms with Gasteiger partial charge in [-0.3, -0.25) is 4.79 Å². The number of amides is 1. The van der Waals surface area contributed by atoms with E-state index < -0.39 is 5.97 Å². The number of hydrogen-bond acceptors (Lipinski definition) is 5. The van der Waals surface area contributed by atoms with Gasteiger partial charge < -0.3 is 20.1 Å². The molecule has 34 heavy (non-hydrogen) atoms. The summed E-state index contributed by atoms with van der Waals surface area (Å²) in [6.07, 6.45) is 2.84. The lowest BCUT2D eigenvalue weighted by Gasteiger charge is -2.33. The molecule has 1 aliphatic carbocycles. The van der Waals surface area contributed by atoms with Crippen molar-refractivity contribution in [1.29, 1.82) is 0 Å². The summed E-state index contributed by atoms with van der Waals surface area (Å²) >= 11 is 1.29. The molecule has 6 nitrogen and oxygen atoms in total. The molecule has 176 valence electrons. The molecule has 1 aliphatic heterocycles. The first-order chi connectivity index (χ1) is 16.5. The van der Waals surface area contributed by atoms with Gasteiger partial charge in [0.1, 0.15) is 5.00 Å². The summed E-state index contributed by atoms with van der Waals surface area (Å²) in [5, 5.41) is 15.1. The van der Waals surface area contributed by atoms with Crippen molar-refractivity contribution in [1.82, 2.24) is 0 Å². The SMILES string of the molecule is C[C@H]1CN(c2ccc(C(=O)Nc3scc(C4CCc5ccccc5C4)c3C(=O)O)cc2)CCO1. The molecule has 2 N–H and O–H groups in total. The molecule has 2 aliphatic rings. The van der Waals surface area contributed by atoms with E-state index in [1.807, 2.05) is 29.6 Å². The molecule has 0 radical (unpaired) electrons. The van der Waals surface area contributed by atoms with Crippen LogP contribution >= 0.6 is 11.3 Å². The van der Waals surface area contributed by atoms with Gasteiger partial charge in [0.15, 0.2) is 0 Å². The van der Waals surface area contributed by atoms with E-state index >= 15 is 0 Å². The van der Waals surface area contributed by atoms with Crippen molar-refractivity contribution in [3.8, 4) is 0 Å². The fraction of sp³-hybridized carbons (Fsp3) is 0.333. The smallest absolute Gasteiger partial charge is 0.339 e. The Morgan fingerprint density at radius 1 is 1.12 bits per heavy atom. The van der Waals surface area contributed by atoms with Crippen LogP contribution in [-0.4, -0.2) is 42.8 Å². The topological polar surface area (TPSA) is 78.9 Å². The molecular formula is C27H28N2O4S. The number of rotatable bonds is 5. The Bertz CT molecular complexity index is 1200. The largest absolute Gasteiger partial charge is 0.478 e. The number of nitrogens with zero attached hydrogens (tertiary/aromatic N) is 1. The minimum absolute atomic E-state index is 0.137. The second kappa shape index (κ2) is 9.60. The zero-order chi connectivity index (χ0) is 23.7. The molecule has 0 spiro atoms. The fourth-order valence-electron chi connectivity index (χ4n) is 5.00. The van der Waals surface area contributed by atoms with Crippen LogP contribution < -0.4 is 10.2 Å². The van der Waals surface area contributed by atoms with Crippen molar-refractivity contribution in [3.63, 3.8) is 0 Å². The van der Waals surface area contributed by atoms with Crippen LogP contribution in [0.2, 0.25) is 0 Å². The van der Waals surface area contributed by atoms with Crippen LogP contribution in [0.1, 0.15) is 56.7 Å². The predicted molar refractivity (Wildman–Crippen MR) is 135 cm³/mol. The number of thiophene rings is 1. The van der Waals surface area contributed by atoms with E-state index in [1.165, 1.54) is 22.5 Å². The van der Waals surface area contributed by atoms with Gasteiger partial charge in [-0.25, -0.2) is 4.79 Å². The molecule has 0 bridgehead atoms. The van der Waals surface area contributed by atoms with Crippen LogP contribution in [-0.2, 0) is 17.6 Å². The van der Waals surface area contributed by atoms with E-state index in [9.17, 15) is 14.7 Å². The van der Waals surface area contributed by atoms with Gasteiger partial charge >= 0.3 is 5.97 Å². The monoisotopic (exact) mass is 476 g/mol. The Morgan fingerprint density at radius 2 is 1.88 bits per heavy atom. The number of carbonyl (C=O) groups excluding carboxylic acids is 1. The van der Waals surface area contributed by atoms with Gasteiger partial charge in [0.05, 0.1) is 18.3 Å². The van der Waals surface area contributed by atoms with Crippen molar-refractivity contribution in [2.45, 2.75) is 38.2 Å². The molecule has 2 aromatic carbocycles. The lowest BCUT2D eigenvalue weighted by atomic mass is 9.80. The van der Waals surface area contributed by atoms with Gasteiger partial charge in [-0.1, -0.05) is 24.3 Å². The number of nitrogens with one attached hydrogen (secondary N) is 1. The zero-order valence-corrected chi connectivity index (χ0v) is 19.9. The first kappa shape index (κ1) is 22.6. The highest BCUT2D eigenvalue weighted by Crippen LogP contribution is 2.40. The Balaban J connectivity index is 1.32. The predicted octanol–water partition coefficient (Wildman–Crippen LogP) is 5.20. The average molecular weight is 477 g/mol. The molecule has 1 aromatic heterocycles. The molecule has 2 heterocycles. The van der Waals surface area contributed by atoms with Crippen LogP contribution in [0.5, 0.6) is 0 Å². The Kier molecular flexibility index (Phi) is 6.39. The van der Waals surface area contributed by atoms with E-state index in [0.29, 0.717) is 17.2 Å². The molecule has 1 saturated heterocycles. The lowest BCUT2D eigenvalue weighted by Crippen LogP contribution is -2.41. The van der Waals surface area contributed by atoms with Crippen LogP contribution in [0, 0.1) is 0 Å². The summed E-state index contributed by atoms with van der Waals surface area (Å²) < 4.78 is 5.60. The number of fused-ring (bicyclic) bond motifs is 1. The van der Waals surface area contributed by atoms with Crippen LogP contribution in [0.25, 0.3) is 0 Å². The lowest BCUT2D eigenvalue weighted by molar-refractivity contribution is 0.0532. The molecule has 1 fully saturated rings. The number of hydrogen-bond donors (Lipinski definition) is 2. The summed E-state index contributed by atoms with van der Waals surface area (Å²) in [7, 11) is 0. The number of aryl methyl sites for hydroxylation is 1. The van der Waals surface area contributed by atoms with Crippen molar-refractivity contribution >= 4 is 33.9 Å². The maximum absolute atomic E-state index is 12.9. The van der Waals surface area contributed by atoms with Crippen molar-refractivity contribution < 1.29 is 19.4 Å². The average Bonchev–Trinajstić information content (AvgIpc) is 3.27. The third-order valence-corrected chi connectivity index (χ3v) is 7.70. The first-order valence-corrected chi connectivity index (χ1v) is 12.6. The van der Waals surface area contributed by atoms with Gasteiger partial charge in [-0.15, -0.1) is 11.3 Å².